The van der Waals surface area contributed by atoms with Crippen LogP contribution in [0.15, 0.2) is 24.3 Å². The van der Waals surface area contributed by atoms with Crippen LogP contribution in [0.1, 0.15) is 43.8 Å². The molecule has 1 aliphatic carbocycles. The summed E-state index contributed by atoms with van der Waals surface area (Å²) in [6, 6.07) is 7.29. The second kappa shape index (κ2) is 7.01. The van der Waals surface area contributed by atoms with Crippen molar-refractivity contribution in [2.24, 2.45) is 7.05 Å². The van der Waals surface area contributed by atoms with Crippen LogP contribution in [0.25, 0.3) is 0 Å². The summed E-state index contributed by atoms with van der Waals surface area (Å²) in [6.07, 6.45) is 6.29. The van der Waals surface area contributed by atoms with Crippen LogP contribution in [0.2, 0.25) is 0 Å². The number of hydrogen-bond donors (Lipinski definition) is 1. The third kappa shape index (κ3) is 3.04. The van der Waals surface area contributed by atoms with Crippen molar-refractivity contribution in [1.82, 2.24) is 14.8 Å². The van der Waals surface area contributed by atoms with E-state index in [1.807, 2.05) is 37.2 Å². The van der Waals surface area contributed by atoms with E-state index < -0.39 is 0 Å². The van der Waals surface area contributed by atoms with Crippen molar-refractivity contribution < 1.29 is 5.11 Å². The Morgan fingerprint density at radius 1 is 1.14 bits per heavy atom. The molecule has 0 aliphatic heterocycles. The fraction of sp³-hybridized carbons (Fsp3) is 0.500. The highest BCUT2D eigenvalue weighted by molar-refractivity contribution is 5.85. The molecule has 120 valence electrons. The molecule has 0 saturated heterocycles. The maximum absolute atomic E-state index is 9.99. The van der Waals surface area contributed by atoms with E-state index in [2.05, 4.69) is 14.8 Å². The first-order valence-corrected chi connectivity index (χ1v) is 7.59. The SMILES string of the molecule is CN(c1ccccc1O)c1nnc(C2CCCCC2)n1C.Cl. The smallest absolute Gasteiger partial charge is 0.231 e. The van der Waals surface area contributed by atoms with Gasteiger partial charge < -0.3 is 10.0 Å². The Morgan fingerprint density at radius 2 is 1.82 bits per heavy atom. The van der Waals surface area contributed by atoms with Crippen molar-refractivity contribution in [2.75, 3.05) is 11.9 Å². The maximum Gasteiger partial charge on any atom is 0.231 e. The highest BCUT2D eigenvalue weighted by Crippen LogP contribution is 2.34. The van der Waals surface area contributed by atoms with Gasteiger partial charge in [0, 0.05) is 20.0 Å². The van der Waals surface area contributed by atoms with Gasteiger partial charge in [0.1, 0.15) is 11.6 Å². The van der Waals surface area contributed by atoms with Crippen LogP contribution in [0.5, 0.6) is 5.75 Å². The number of phenolic OH excluding ortho intramolecular Hbond substituents is 1. The van der Waals surface area contributed by atoms with Crippen molar-refractivity contribution in [3.63, 3.8) is 0 Å². The van der Waals surface area contributed by atoms with Crippen LogP contribution in [0.4, 0.5) is 11.6 Å². The molecule has 3 rings (SSSR count). The summed E-state index contributed by atoms with van der Waals surface area (Å²) < 4.78 is 2.06. The summed E-state index contributed by atoms with van der Waals surface area (Å²) in [5, 5.41) is 18.7. The number of hydrogen-bond acceptors (Lipinski definition) is 4. The van der Waals surface area contributed by atoms with Crippen molar-refractivity contribution in [1.29, 1.82) is 0 Å². The molecule has 1 saturated carbocycles. The number of aromatic hydroxyl groups is 1. The van der Waals surface area contributed by atoms with E-state index in [-0.39, 0.29) is 18.2 Å². The Kier molecular flexibility index (Phi) is 5.29. The van der Waals surface area contributed by atoms with Gasteiger partial charge in [-0.3, -0.25) is 4.57 Å². The number of para-hydroxylation sites is 2. The van der Waals surface area contributed by atoms with E-state index in [0.717, 1.165) is 17.5 Å². The van der Waals surface area contributed by atoms with Gasteiger partial charge in [-0.15, -0.1) is 22.6 Å². The number of halogens is 1. The highest BCUT2D eigenvalue weighted by Gasteiger charge is 2.23. The zero-order valence-corrected chi connectivity index (χ0v) is 13.9. The highest BCUT2D eigenvalue weighted by atomic mass is 35.5. The molecule has 0 spiro atoms. The van der Waals surface area contributed by atoms with Crippen LogP contribution in [-0.2, 0) is 7.05 Å². The summed E-state index contributed by atoms with van der Waals surface area (Å²) >= 11 is 0. The standard InChI is InChI=1S/C16H22N4O.ClH/c1-19(13-10-6-7-11-14(13)21)16-18-17-15(20(16)2)12-8-4-3-5-9-12;/h6-7,10-12,21H,3-5,8-9H2,1-2H3;1H. The van der Waals surface area contributed by atoms with Gasteiger partial charge >= 0.3 is 0 Å². The Morgan fingerprint density at radius 3 is 2.50 bits per heavy atom. The van der Waals surface area contributed by atoms with Crippen molar-refractivity contribution in [2.45, 2.75) is 38.0 Å². The molecule has 1 aromatic carbocycles. The predicted molar refractivity (Wildman–Crippen MR) is 90.2 cm³/mol. The largest absolute Gasteiger partial charge is 0.506 e. The first-order chi connectivity index (χ1) is 10.2. The summed E-state index contributed by atoms with van der Waals surface area (Å²) in [4.78, 5) is 1.88. The molecule has 22 heavy (non-hydrogen) atoms. The molecular weight excluding hydrogens is 300 g/mol. The lowest BCUT2D eigenvalue weighted by atomic mass is 9.89. The average molecular weight is 323 g/mol. The molecule has 1 aliphatic rings. The predicted octanol–water partition coefficient (Wildman–Crippen LogP) is 3.76. The number of anilines is 2. The molecule has 0 atom stereocenters. The van der Waals surface area contributed by atoms with Gasteiger partial charge in [-0.2, -0.15) is 0 Å². The lowest BCUT2D eigenvalue weighted by Gasteiger charge is -2.22. The fourth-order valence-electron chi connectivity index (χ4n) is 3.20. The molecule has 6 heteroatoms. The quantitative estimate of drug-likeness (QED) is 0.934. The zero-order valence-electron chi connectivity index (χ0n) is 13.1. The number of rotatable bonds is 3. The van der Waals surface area contributed by atoms with Gasteiger partial charge in [0.2, 0.25) is 5.95 Å². The first kappa shape index (κ1) is 16.6. The van der Waals surface area contributed by atoms with Gasteiger partial charge in [0.05, 0.1) is 5.69 Å². The van der Waals surface area contributed by atoms with Gasteiger partial charge in [0.25, 0.3) is 0 Å². The van der Waals surface area contributed by atoms with Crippen LogP contribution >= 0.6 is 12.4 Å². The fourth-order valence-corrected chi connectivity index (χ4v) is 3.20. The molecular formula is C16H23ClN4O. The van der Waals surface area contributed by atoms with Crippen molar-refractivity contribution >= 4 is 24.0 Å². The molecule has 5 nitrogen and oxygen atoms in total. The normalized spacial score (nSPS) is 15.4. The number of benzene rings is 1. The molecule has 1 aromatic heterocycles. The van der Waals surface area contributed by atoms with E-state index in [9.17, 15) is 5.11 Å². The lowest BCUT2D eigenvalue weighted by molar-refractivity contribution is 0.420. The molecule has 0 bridgehead atoms. The first-order valence-electron chi connectivity index (χ1n) is 7.59. The number of nitrogens with zero attached hydrogens (tertiary/aromatic N) is 4. The molecule has 1 N–H and O–H groups in total. The third-order valence-electron chi connectivity index (χ3n) is 4.40. The summed E-state index contributed by atoms with van der Waals surface area (Å²) in [7, 11) is 3.92. The van der Waals surface area contributed by atoms with Crippen LogP contribution in [0.3, 0.4) is 0 Å². The maximum atomic E-state index is 9.99. The van der Waals surface area contributed by atoms with E-state index in [0.29, 0.717) is 5.92 Å². The van der Waals surface area contributed by atoms with Crippen LogP contribution in [-0.4, -0.2) is 26.9 Å². The monoisotopic (exact) mass is 322 g/mol. The Bertz CT molecular complexity index is 622. The molecule has 1 fully saturated rings. The summed E-state index contributed by atoms with van der Waals surface area (Å²) in [6.45, 7) is 0. The van der Waals surface area contributed by atoms with Gasteiger partial charge in [-0.1, -0.05) is 31.4 Å². The lowest BCUT2D eigenvalue weighted by Crippen LogP contribution is -2.16. The number of phenols is 1. The average Bonchev–Trinajstić information content (AvgIpc) is 2.90. The Balaban J connectivity index is 0.00000176. The van der Waals surface area contributed by atoms with E-state index in [4.69, 9.17) is 0 Å². The van der Waals surface area contributed by atoms with E-state index >= 15 is 0 Å². The minimum absolute atomic E-state index is 0. The Labute approximate surface area is 137 Å². The van der Waals surface area contributed by atoms with Gasteiger partial charge in [-0.05, 0) is 25.0 Å². The van der Waals surface area contributed by atoms with E-state index in [1.54, 1.807) is 6.07 Å². The molecule has 1 heterocycles. The van der Waals surface area contributed by atoms with E-state index in [1.165, 1.54) is 32.1 Å². The van der Waals surface area contributed by atoms with Crippen LogP contribution < -0.4 is 4.90 Å². The minimum Gasteiger partial charge on any atom is -0.506 e. The van der Waals surface area contributed by atoms with Gasteiger partial charge in [0.15, 0.2) is 0 Å². The molecule has 0 unspecified atom stereocenters. The Hall–Kier alpha value is -1.75. The number of aromatic nitrogens is 3. The summed E-state index contributed by atoms with van der Waals surface area (Å²) in [5.74, 6) is 2.59. The van der Waals surface area contributed by atoms with Crippen LogP contribution in [0, 0.1) is 0 Å². The zero-order chi connectivity index (χ0) is 14.8. The second-order valence-electron chi connectivity index (χ2n) is 5.80. The topological polar surface area (TPSA) is 54.2 Å². The third-order valence-corrected chi connectivity index (χ3v) is 4.40. The molecule has 0 amide bonds. The molecule has 0 radical (unpaired) electrons. The summed E-state index contributed by atoms with van der Waals surface area (Å²) in [5.41, 5.74) is 0.739. The second-order valence-corrected chi connectivity index (χ2v) is 5.80. The van der Waals surface area contributed by atoms with Crippen molar-refractivity contribution in [3.8, 4) is 5.75 Å². The minimum atomic E-state index is 0. The molecule has 2 aromatic rings. The van der Waals surface area contributed by atoms with Gasteiger partial charge in [-0.25, -0.2) is 0 Å². The van der Waals surface area contributed by atoms with Crippen molar-refractivity contribution in [3.05, 3.63) is 30.1 Å².